The molecule has 1 heterocycles. The van der Waals surface area contributed by atoms with E-state index >= 15 is 0 Å². The summed E-state index contributed by atoms with van der Waals surface area (Å²) in [5, 5.41) is 5.84. The van der Waals surface area contributed by atoms with Crippen molar-refractivity contribution in [3.8, 4) is 0 Å². The van der Waals surface area contributed by atoms with E-state index in [1.807, 2.05) is 29.6 Å². The number of halogens is 1. The number of amides is 1. The molecule has 1 aliphatic rings. The lowest BCUT2D eigenvalue weighted by Crippen LogP contribution is -2.33. The monoisotopic (exact) mass is 366 g/mol. The van der Waals surface area contributed by atoms with Gasteiger partial charge < -0.3 is 5.32 Å². The van der Waals surface area contributed by atoms with Crippen LogP contribution in [-0.2, 0) is 17.0 Å². The quantitative estimate of drug-likeness (QED) is 0.754. The first-order valence-corrected chi connectivity index (χ1v) is 10.0. The fourth-order valence-electron chi connectivity index (χ4n) is 2.67. The number of carbonyl (C=O) groups excluding carboxylic acids is 1. The number of hydrogen-bond donors (Lipinski definition) is 1. The molecule has 23 heavy (non-hydrogen) atoms. The van der Waals surface area contributed by atoms with Gasteiger partial charge in [-0.1, -0.05) is 48.3 Å². The molecule has 1 aromatic carbocycles. The second-order valence-electron chi connectivity index (χ2n) is 5.75. The summed E-state index contributed by atoms with van der Waals surface area (Å²) in [6.07, 6.45) is 5.07. The molecular weight excluding hydrogens is 348 g/mol. The molecule has 3 rings (SSSR count). The van der Waals surface area contributed by atoms with Gasteiger partial charge in [-0.3, -0.25) is 4.79 Å². The van der Waals surface area contributed by atoms with Crippen LogP contribution in [0.5, 0.6) is 0 Å². The summed E-state index contributed by atoms with van der Waals surface area (Å²) in [7, 11) is 0. The van der Waals surface area contributed by atoms with Gasteiger partial charge in [0.15, 0.2) is 0 Å². The molecule has 0 spiro atoms. The van der Waals surface area contributed by atoms with Crippen LogP contribution in [0.2, 0.25) is 5.02 Å². The van der Waals surface area contributed by atoms with E-state index in [1.54, 1.807) is 23.1 Å². The predicted molar refractivity (Wildman–Crippen MR) is 97.2 cm³/mol. The maximum absolute atomic E-state index is 12.0. The van der Waals surface area contributed by atoms with Crippen LogP contribution in [0.1, 0.15) is 36.9 Å². The summed E-state index contributed by atoms with van der Waals surface area (Å²) in [4.78, 5) is 16.6. The Kier molecular flexibility index (Phi) is 5.97. The van der Waals surface area contributed by atoms with Crippen LogP contribution in [0.3, 0.4) is 0 Å². The molecule has 1 fully saturated rings. The lowest BCUT2D eigenvalue weighted by molar-refractivity contribution is -0.121. The highest BCUT2D eigenvalue weighted by Gasteiger charge is 2.17. The van der Waals surface area contributed by atoms with Crippen LogP contribution in [0, 0.1) is 0 Å². The largest absolute Gasteiger partial charge is 0.353 e. The third-order valence-corrected chi connectivity index (χ3v) is 6.26. The number of thiazole rings is 1. The number of benzene rings is 1. The topological polar surface area (TPSA) is 42.0 Å². The summed E-state index contributed by atoms with van der Waals surface area (Å²) in [5.41, 5.74) is 2.08. The Labute approximate surface area is 149 Å². The molecule has 122 valence electrons. The van der Waals surface area contributed by atoms with Gasteiger partial charge in [0.1, 0.15) is 4.34 Å². The van der Waals surface area contributed by atoms with E-state index in [1.165, 1.54) is 18.4 Å². The van der Waals surface area contributed by atoms with Gasteiger partial charge in [-0.05, 0) is 30.5 Å². The van der Waals surface area contributed by atoms with Crippen LogP contribution in [0.25, 0.3) is 0 Å². The number of hydrogen-bond acceptors (Lipinski definition) is 4. The number of rotatable bonds is 6. The molecule has 0 radical (unpaired) electrons. The van der Waals surface area contributed by atoms with E-state index in [0.29, 0.717) is 12.5 Å². The molecule has 2 aromatic rings. The number of aromatic nitrogens is 1. The van der Waals surface area contributed by atoms with Crippen molar-refractivity contribution in [1.29, 1.82) is 0 Å². The molecule has 1 amide bonds. The van der Waals surface area contributed by atoms with Crippen molar-refractivity contribution in [2.75, 3.05) is 0 Å². The zero-order chi connectivity index (χ0) is 16.1. The van der Waals surface area contributed by atoms with Crippen molar-refractivity contribution in [2.45, 2.75) is 48.2 Å². The van der Waals surface area contributed by atoms with Crippen molar-refractivity contribution < 1.29 is 4.79 Å². The second-order valence-corrected chi connectivity index (χ2v) is 8.26. The number of carbonyl (C=O) groups is 1. The highest BCUT2D eigenvalue weighted by Crippen LogP contribution is 2.27. The molecule has 6 heteroatoms. The fourth-order valence-corrected chi connectivity index (χ4v) is 4.60. The molecule has 0 bridgehead atoms. The van der Waals surface area contributed by atoms with Gasteiger partial charge in [-0.2, -0.15) is 0 Å². The van der Waals surface area contributed by atoms with Crippen LogP contribution >= 0.6 is 34.7 Å². The Bertz CT molecular complexity index is 651. The van der Waals surface area contributed by atoms with Crippen molar-refractivity contribution in [1.82, 2.24) is 10.3 Å². The van der Waals surface area contributed by atoms with Crippen molar-refractivity contribution in [2.24, 2.45) is 0 Å². The Morgan fingerprint density at radius 2 is 2.04 bits per heavy atom. The lowest BCUT2D eigenvalue weighted by Gasteiger charge is -2.10. The molecule has 1 saturated carbocycles. The smallest absolute Gasteiger partial charge is 0.226 e. The van der Waals surface area contributed by atoms with Crippen molar-refractivity contribution >= 4 is 40.6 Å². The number of nitrogens with one attached hydrogen (secondary N) is 1. The molecule has 1 aromatic heterocycles. The molecule has 1 aliphatic carbocycles. The van der Waals surface area contributed by atoms with E-state index < -0.39 is 0 Å². The maximum Gasteiger partial charge on any atom is 0.226 e. The van der Waals surface area contributed by atoms with Gasteiger partial charge >= 0.3 is 0 Å². The van der Waals surface area contributed by atoms with E-state index in [2.05, 4.69) is 10.3 Å². The van der Waals surface area contributed by atoms with Crippen LogP contribution < -0.4 is 5.32 Å². The molecule has 0 saturated heterocycles. The molecule has 0 atom stereocenters. The SMILES string of the molecule is O=C(Cc1csc(SCc2ccc(Cl)cc2)n1)NC1CCCC1. The van der Waals surface area contributed by atoms with Gasteiger partial charge in [-0.15, -0.1) is 11.3 Å². The zero-order valence-corrected chi connectivity index (χ0v) is 15.1. The van der Waals surface area contributed by atoms with Crippen molar-refractivity contribution in [3.63, 3.8) is 0 Å². The first-order valence-electron chi connectivity index (χ1n) is 7.80. The minimum absolute atomic E-state index is 0.0939. The average molecular weight is 367 g/mol. The average Bonchev–Trinajstić information content (AvgIpc) is 3.19. The van der Waals surface area contributed by atoms with Crippen LogP contribution in [-0.4, -0.2) is 16.9 Å². The first-order chi connectivity index (χ1) is 11.2. The first kappa shape index (κ1) is 16.8. The zero-order valence-electron chi connectivity index (χ0n) is 12.8. The predicted octanol–water partition coefficient (Wildman–Crippen LogP) is 4.69. The molecule has 0 aliphatic heterocycles. The summed E-state index contributed by atoms with van der Waals surface area (Å²) in [6.45, 7) is 0. The van der Waals surface area contributed by atoms with Crippen molar-refractivity contribution in [3.05, 3.63) is 45.9 Å². The number of nitrogens with zero attached hydrogens (tertiary/aromatic N) is 1. The van der Waals surface area contributed by atoms with E-state index in [9.17, 15) is 4.79 Å². The van der Waals surface area contributed by atoms with Crippen LogP contribution in [0.15, 0.2) is 34.0 Å². The second kappa shape index (κ2) is 8.18. The Morgan fingerprint density at radius 3 is 2.78 bits per heavy atom. The van der Waals surface area contributed by atoms with Gasteiger partial charge in [-0.25, -0.2) is 4.98 Å². The highest BCUT2D eigenvalue weighted by atomic mass is 35.5. The maximum atomic E-state index is 12.0. The third kappa shape index (κ3) is 5.23. The molecule has 3 nitrogen and oxygen atoms in total. The fraction of sp³-hybridized carbons (Fsp3) is 0.412. The standard InChI is InChI=1S/C17H19ClN2OS2/c18-13-7-5-12(6-8-13)10-22-17-20-15(11-23-17)9-16(21)19-14-3-1-2-4-14/h5-8,11,14H,1-4,9-10H2,(H,19,21). The Morgan fingerprint density at radius 1 is 1.30 bits per heavy atom. The number of thioether (sulfide) groups is 1. The third-order valence-electron chi connectivity index (χ3n) is 3.87. The molecule has 1 N–H and O–H groups in total. The van der Waals surface area contributed by atoms with Gasteiger partial charge in [0.05, 0.1) is 12.1 Å². The van der Waals surface area contributed by atoms with Gasteiger partial charge in [0.2, 0.25) is 5.91 Å². The summed E-state index contributed by atoms with van der Waals surface area (Å²) < 4.78 is 1.00. The Balaban J connectivity index is 1.47. The van der Waals surface area contributed by atoms with Gasteiger partial charge in [0.25, 0.3) is 0 Å². The summed E-state index contributed by atoms with van der Waals surface area (Å²) >= 11 is 9.18. The molecule has 0 unspecified atom stereocenters. The minimum atomic E-state index is 0.0939. The Hall–Kier alpha value is -1.04. The molecular formula is C17H19ClN2OS2. The van der Waals surface area contributed by atoms with Gasteiger partial charge in [0, 0.05) is 22.2 Å². The normalized spacial score (nSPS) is 15.0. The van der Waals surface area contributed by atoms with Crippen LogP contribution in [0.4, 0.5) is 0 Å². The minimum Gasteiger partial charge on any atom is -0.353 e. The van der Waals surface area contributed by atoms with E-state index in [4.69, 9.17) is 11.6 Å². The van der Waals surface area contributed by atoms with E-state index in [0.717, 1.165) is 33.7 Å². The van der Waals surface area contributed by atoms with E-state index in [-0.39, 0.29) is 5.91 Å². The lowest BCUT2D eigenvalue weighted by atomic mass is 10.2. The highest BCUT2D eigenvalue weighted by molar-refractivity contribution is 8.00. The summed E-state index contributed by atoms with van der Waals surface area (Å²) in [5.74, 6) is 0.953. The summed E-state index contributed by atoms with van der Waals surface area (Å²) in [6, 6.07) is 8.23.